The Morgan fingerprint density at radius 2 is 1.76 bits per heavy atom. The molecule has 2 saturated heterocycles. The lowest BCUT2D eigenvalue weighted by molar-refractivity contribution is 0.157. The molecule has 1 saturated carbocycles. The highest BCUT2D eigenvalue weighted by atomic mass is 16.3. The van der Waals surface area contributed by atoms with E-state index in [9.17, 15) is 9.90 Å². The van der Waals surface area contributed by atoms with Gasteiger partial charge in [0.25, 0.3) is 0 Å². The van der Waals surface area contributed by atoms with Crippen molar-refractivity contribution in [2.24, 2.45) is 5.92 Å². The van der Waals surface area contributed by atoms with E-state index in [4.69, 9.17) is 0 Å². The maximum absolute atomic E-state index is 13.0. The Hall–Kier alpha value is -2.81. The molecular weight excluding hydrogens is 422 g/mol. The summed E-state index contributed by atoms with van der Waals surface area (Å²) < 4.78 is 0. The van der Waals surface area contributed by atoms with Crippen molar-refractivity contribution in [3.05, 3.63) is 65.2 Å². The third kappa shape index (κ3) is 5.14. The molecule has 34 heavy (non-hydrogen) atoms. The van der Waals surface area contributed by atoms with Gasteiger partial charge in [-0.25, -0.2) is 4.79 Å². The van der Waals surface area contributed by atoms with Crippen molar-refractivity contribution in [1.82, 2.24) is 9.80 Å². The summed E-state index contributed by atoms with van der Waals surface area (Å²) in [7, 11) is 0. The molecule has 0 radical (unpaired) electrons. The zero-order valence-electron chi connectivity index (χ0n) is 20.0. The molecule has 5 rings (SSSR count). The van der Waals surface area contributed by atoms with Crippen LogP contribution in [0.15, 0.2) is 48.5 Å². The fourth-order valence-electron chi connectivity index (χ4n) is 5.73. The number of benzene rings is 2. The number of nitrogens with one attached hydrogen (secondary N) is 1. The Balaban J connectivity index is 1.25. The summed E-state index contributed by atoms with van der Waals surface area (Å²) >= 11 is 0. The Bertz CT molecular complexity index is 1050. The summed E-state index contributed by atoms with van der Waals surface area (Å²) in [5, 5.41) is 13.1. The monoisotopic (exact) mass is 457 g/mol. The quantitative estimate of drug-likeness (QED) is 0.648. The number of carbonyl (C=O) groups excluding carboxylic acids is 1. The van der Waals surface area contributed by atoms with E-state index in [1.807, 2.05) is 36.1 Å². The molecule has 2 aromatic rings. The maximum atomic E-state index is 13.0. The summed E-state index contributed by atoms with van der Waals surface area (Å²) in [5.74, 6) is 7.08. The fraction of sp³-hybridized carbons (Fsp3) is 0.483. The van der Waals surface area contributed by atoms with E-state index in [0.717, 1.165) is 69.5 Å². The predicted octanol–water partition coefficient (Wildman–Crippen LogP) is 4.60. The second-order valence-corrected chi connectivity index (χ2v) is 10.1. The van der Waals surface area contributed by atoms with Crippen molar-refractivity contribution < 1.29 is 9.90 Å². The van der Waals surface area contributed by atoms with Crippen LogP contribution < -0.4 is 5.32 Å². The highest BCUT2D eigenvalue weighted by molar-refractivity contribution is 5.89. The Labute approximate surface area is 203 Å². The van der Waals surface area contributed by atoms with Crippen LogP contribution in [-0.4, -0.2) is 59.3 Å². The lowest BCUT2D eigenvalue weighted by atomic mass is 9.90. The molecule has 3 fully saturated rings. The molecule has 3 aliphatic rings. The van der Waals surface area contributed by atoms with Gasteiger partial charge in [-0.1, -0.05) is 41.7 Å². The Morgan fingerprint density at radius 3 is 2.50 bits per heavy atom. The lowest BCUT2D eigenvalue weighted by Gasteiger charge is -2.30. The van der Waals surface area contributed by atoms with Crippen LogP contribution in [0.25, 0.3) is 0 Å². The van der Waals surface area contributed by atoms with Crippen molar-refractivity contribution in [1.29, 1.82) is 0 Å². The summed E-state index contributed by atoms with van der Waals surface area (Å²) in [6.07, 6.45) is 4.80. The van der Waals surface area contributed by atoms with E-state index in [-0.39, 0.29) is 18.1 Å². The normalized spacial score (nSPS) is 26.9. The molecule has 0 aromatic heterocycles. The minimum Gasteiger partial charge on any atom is -0.392 e. The number of rotatable bonds is 2. The summed E-state index contributed by atoms with van der Waals surface area (Å²) in [6.45, 7) is 5.73. The van der Waals surface area contributed by atoms with E-state index in [1.165, 1.54) is 11.1 Å². The zero-order valence-corrected chi connectivity index (χ0v) is 20.0. The number of urea groups is 1. The zero-order chi connectivity index (χ0) is 23.5. The molecule has 5 nitrogen and oxygen atoms in total. The van der Waals surface area contributed by atoms with Gasteiger partial charge in [0.1, 0.15) is 0 Å². The van der Waals surface area contributed by atoms with Crippen molar-refractivity contribution in [2.75, 3.05) is 31.5 Å². The maximum Gasteiger partial charge on any atom is 0.321 e. The molecule has 1 aliphatic carbocycles. The molecule has 4 atom stereocenters. The van der Waals surface area contributed by atoms with Crippen molar-refractivity contribution >= 4 is 11.7 Å². The number of carbonyl (C=O) groups is 1. The number of fused-ring (bicyclic) bond motifs is 1. The average molecular weight is 458 g/mol. The first-order valence-electron chi connectivity index (χ1n) is 12.7. The molecule has 178 valence electrons. The van der Waals surface area contributed by atoms with Crippen molar-refractivity contribution in [2.45, 2.75) is 57.1 Å². The van der Waals surface area contributed by atoms with Gasteiger partial charge in [-0.2, -0.15) is 0 Å². The van der Waals surface area contributed by atoms with Gasteiger partial charge >= 0.3 is 6.03 Å². The third-order valence-electron chi connectivity index (χ3n) is 7.75. The number of anilines is 1. The van der Waals surface area contributed by atoms with Crippen molar-refractivity contribution in [3.63, 3.8) is 0 Å². The van der Waals surface area contributed by atoms with Crippen LogP contribution in [0, 0.1) is 24.7 Å². The van der Waals surface area contributed by atoms with Gasteiger partial charge in [-0.15, -0.1) is 0 Å². The number of amides is 2. The highest BCUT2D eigenvalue weighted by Gasteiger charge is 2.38. The first-order chi connectivity index (χ1) is 16.6. The lowest BCUT2D eigenvalue weighted by Crippen LogP contribution is -2.43. The second kappa shape index (κ2) is 10.2. The van der Waals surface area contributed by atoms with Crippen LogP contribution in [0.2, 0.25) is 0 Å². The smallest absolute Gasteiger partial charge is 0.321 e. The number of aliphatic hydroxyl groups is 1. The van der Waals surface area contributed by atoms with Crippen LogP contribution in [-0.2, 0) is 0 Å². The highest BCUT2D eigenvalue weighted by Crippen LogP contribution is 2.35. The number of aliphatic hydroxyl groups excluding tert-OH is 1. The van der Waals surface area contributed by atoms with Gasteiger partial charge in [-0.3, -0.25) is 4.90 Å². The Kier molecular flexibility index (Phi) is 6.89. The molecule has 0 unspecified atom stereocenters. The van der Waals surface area contributed by atoms with Crippen molar-refractivity contribution in [3.8, 4) is 11.8 Å². The van der Waals surface area contributed by atoms with E-state index >= 15 is 0 Å². The SMILES string of the molecule is Cc1ccc(NC(=O)N2CCCN3CC[C@H](c4ccc(C#C[C@@H]5CCC[C@@H]5O)cc4)[C@@H]3C2)cc1. The van der Waals surface area contributed by atoms with Gasteiger partial charge in [0.05, 0.1) is 6.10 Å². The van der Waals surface area contributed by atoms with E-state index in [2.05, 4.69) is 46.3 Å². The van der Waals surface area contributed by atoms with Gasteiger partial charge in [0.15, 0.2) is 0 Å². The standard InChI is InChI=1S/C29H35N3O2/c1-21-6-14-25(15-7-21)30-29(34)32-18-3-17-31-19-16-26(27(31)20-32)23-11-8-22(9-12-23)10-13-24-4-2-5-28(24)33/h6-9,11-12,14-15,24,26-28,33H,2-5,16-20H2,1H3,(H,30,34)/t24-,26+,27-,28-/m0/s1. The summed E-state index contributed by atoms with van der Waals surface area (Å²) in [6, 6.07) is 17.0. The summed E-state index contributed by atoms with van der Waals surface area (Å²) in [5.41, 5.74) is 4.38. The molecule has 2 amide bonds. The molecule has 0 spiro atoms. The Morgan fingerprint density at radius 1 is 0.971 bits per heavy atom. The van der Waals surface area contributed by atoms with Crippen LogP contribution in [0.3, 0.4) is 0 Å². The third-order valence-corrected chi connectivity index (χ3v) is 7.75. The second-order valence-electron chi connectivity index (χ2n) is 10.1. The van der Waals surface area contributed by atoms with Gasteiger partial charge in [0, 0.05) is 48.8 Å². The fourth-order valence-corrected chi connectivity index (χ4v) is 5.73. The summed E-state index contributed by atoms with van der Waals surface area (Å²) in [4.78, 5) is 17.6. The van der Waals surface area contributed by atoms with Crippen LogP contribution in [0.1, 0.15) is 54.7 Å². The van der Waals surface area contributed by atoms with E-state index < -0.39 is 0 Å². The molecule has 2 aromatic carbocycles. The first kappa shape index (κ1) is 23.0. The number of nitrogens with zero attached hydrogens (tertiary/aromatic N) is 2. The molecule has 2 aliphatic heterocycles. The molecule has 0 bridgehead atoms. The van der Waals surface area contributed by atoms with Crippen LogP contribution >= 0.6 is 0 Å². The van der Waals surface area contributed by atoms with Crippen LogP contribution in [0.4, 0.5) is 10.5 Å². The topological polar surface area (TPSA) is 55.8 Å². The van der Waals surface area contributed by atoms with E-state index in [1.54, 1.807) is 0 Å². The van der Waals surface area contributed by atoms with Gasteiger partial charge in [0.2, 0.25) is 0 Å². The van der Waals surface area contributed by atoms with Gasteiger partial charge in [-0.05, 0) is 75.4 Å². The number of hydrogen-bond acceptors (Lipinski definition) is 3. The van der Waals surface area contributed by atoms with Crippen LogP contribution in [0.5, 0.6) is 0 Å². The number of hydrogen-bond donors (Lipinski definition) is 2. The number of aryl methyl sites for hydroxylation is 1. The molecule has 2 N–H and O–H groups in total. The molecule has 5 heteroatoms. The molecular formula is C29H35N3O2. The average Bonchev–Trinajstić information content (AvgIpc) is 3.38. The first-order valence-corrected chi connectivity index (χ1v) is 12.7. The molecule has 2 heterocycles. The predicted molar refractivity (Wildman–Crippen MR) is 136 cm³/mol. The largest absolute Gasteiger partial charge is 0.392 e. The van der Waals surface area contributed by atoms with Gasteiger partial charge < -0.3 is 15.3 Å². The van der Waals surface area contributed by atoms with E-state index in [0.29, 0.717) is 12.0 Å². The minimum absolute atomic E-state index is 0.00363. The minimum atomic E-state index is -0.266.